The van der Waals surface area contributed by atoms with Gasteiger partial charge in [-0.15, -0.1) is 0 Å². The maximum Gasteiger partial charge on any atom is 0.326 e. The lowest BCUT2D eigenvalue weighted by Crippen LogP contribution is -2.39. The molecular formula is C14H14BrNO3. The van der Waals surface area contributed by atoms with Crippen molar-refractivity contribution in [2.24, 2.45) is 0 Å². The second kappa shape index (κ2) is 6.02. The van der Waals surface area contributed by atoms with E-state index in [-0.39, 0.29) is 5.91 Å². The van der Waals surface area contributed by atoms with Crippen molar-refractivity contribution in [3.63, 3.8) is 0 Å². The minimum atomic E-state index is -0.930. The number of carbonyl (C=O) groups is 2. The van der Waals surface area contributed by atoms with Gasteiger partial charge >= 0.3 is 5.97 Å². The van der Waals surface area contributed by atoms with Crippen molar-refractivity contribution in [3.05, 3.63) is 40.4 Å². The van der Waals surface area contributed by atoms with Crippen molar-refractivity contribution < 1.29 is 14.7 Å². The SMILES string of the molecule is O=C(O)C1CCCN1C(=O)C=Cc1ccccc1Br. The third kappa shape index (κ3) is 3.23. The molecule has 1 aromatic carbocycles. The highest BCUT2D eigenvalue weighted by Gasteiger charge is 2.32. The van der Waals surface area contributed by atoms with Gasteiger partial charge in [0.1, 0.15) is 6.04 Å². The summed E-state index contributed by atoms with van der Waals surface area (Å²) < 4.78 is 0.898. The molecule has 1 amide bonds. The summed E-state index contributed by atoms with van der Waals surface area (Å²) in [7, 11) is 0. The first-order valence-electron chi connectivity index (χ1n) is 6.05. The van der Waals surface area contributed by atoms with Gasteiger partial charge in [0.15, 0.2) is 0 Å². The first-order valence-corrected chi connectivity index (χ1v) is 6.85. The number of benzene rings is 1. The van der Waals surface area contributed by atoms with Crippen molar-refractivity contribution in [2.75, 3.05) is 6.54 Å². The topological polar surface area (TPSA) is 57.6 Å². The lowest BCUT2D eigenvalue weighted by molar-refractivity contribution is -0.146. The number of nitrogens with zero attached hydrogens (tertiary/aromatic N) is 1. The van der Waals surface area contributed by atoms with Crippen LogP contribution >= 0.6 is 15.9 Å². The monoisotopic (exact) mass is 323 g/mol. The molecule has 1 aliphatic rings. The number of carboxylic acid groups (broad SMARTS) is 1. The van der Waals surface area contributed by atoms with E-state index in [0.29, 0.717) is 13.0 Å². The summed E-state index contributed by atoms with van der Waals surface area (Å²) in [6.45, 7) is 0.510. The Labute approximate surface area is 119 Å². The van der Waals surface area contributed by atoms with Gasteiger partial charge in [-0.1, -0.05) is 34.1 Å². The minimum absolute atomic E-state index is 0.249. The van der Waals surface area contributed by atoms with Gasteiger partial charge in [0, 0.05) is 17.1 Å². The van der Waals surface area contributed by atoms with E-state index in [9.17, 15) is 9.59 Å². The van der Waals surface area contributed by atoms with E-state index < -0.39 is 12.0 Å². The summed E-state index contributed by atoms with van der Waals surface area (Å²) in [6, 6.07) is 6.86. The summed E-state index contributed by atoms with van der Waals surface area (Å²) in [5.41, 5.74) is 0.891. The van der Waals surface area contributed by atoms with Crippen molar-refractivity contribution in [1.29, 1.82) is 0 Å². The highest BCUT2D eigenvalue weighted by Crippen LogP contribution is 2.20. The van der Waals surface area contributed by atoms with Crippen molar-refractivity contribution in [1.82, 2.24) is 4.90 Å². The van der Waals surface area contributed by atoms with Crippen LogP contribution in [0.5, 0.6) is 0 Å². The molecule has 1 N–H and O–H groups in total. The van der Waals surface area contributed by atoms with Gasteiger partial charge in [0.2, 0.25) is 5.91 Å². The third-order valence-electron chi connectivity index (χ3n) is 3.13. The van der Waals surface area contributed by atoms with Crippen LogP contribution in [0, 0.1) is 0 Å². The molecule has 5 heteroatoms. The van der Waals surface area contributed by atoms with Gasteiger partial charge in [-0.25, -0.2) is 4.79 Å². The van der Waals surface area contributed by atoms with Gasteiger partial charge in [-0.2, -0.15) is 0 Å². The molecule has 1 fully saturated rings. The summed E-state index contributed by atoms with van der Waals surface area (Å²) in [4.78, 5) is 24.4. The number of likely N-dealkylation sites (tertiary alicyclic amines) is 1. The number of aliphatic carboxylic acids is 1. The van der Waals surface area contributed by atoms with Crippen molar-refractivity contribution >= 4 is 33.9 Å². The summed E-state index contributed by atoms with van der Waals surface area (Å²) in [5.74, 6) is -1.18. The Morgan fingerprint density at radius 3 is 2.79 bits per heavy atom. The Balaban J connectivity index is 2.09. The van der Waals surface area contributed by atoms with E-state index in [1.54, 1.807) is 6.08 Å². The minimum Gasteiger partial charge on any atom is -0.480 e. The first-order chi connectivity index (χ1) is 9.09. The molecule has 0 saturated carbocycles. The van der Waals surface area contributed by atoms with E-state index in [4.69, 9.17) is 5.11 Å². The summed E-state index contributed by atoms with van der Waals surface area (Å²) >= 11 is 3.39. The number of carboxylic acids is 1. The average molecular weight is 324 g/mol. The van der Waals surface area contributed by atoms with Crippen LogP contribution in [0.1, 0.15) is 18.4 Å². The molecular weight excluding hydrogens is 310 g/mol. The van der Waals surface area contributed by atoms with Crippen LogP contribution < -0.4 is 0 Å². The number of hydrogen-bond acceptors (Lipinski definition) is 2. The van der Waals surface area contributed by atoms with Gasteiger partial charge in [-0.05, 0) is 30.5 Å². The fourth-order valence-electron chi connectivity index (χ4n) is 2.15. The van der Waals surface area contributed by atoms with Crippen LogP contribution in [0.3, 0.4) is 0 Å². The van der Waals surface area contributed by atoms with Crippen LogP contribution in [0.25, 0.3) is 6.08 Å². The first kappa shape index (κ1) is 13.8. The lowest BCUT2D eigenvalue weighted by Gasteiger charge is -2.19. The Bertz CT molecular complexity index is 527. The molecule has 1 aromatic rings. The highest BCUT2D eigenvalue weighted by molar-refractivity contribution is 9.10. The molecule has 1 unspecified atom stereocenters. The van der Waals surface area contributed by atoms with Crippen molar-refractivity contribution in [2.45, 2.75) is 18.9 Å². The second-order valence-corrected chi connectivity index (χ2v) is 5.24. The molecule has 1 atom stereocenters. The molecule has 0 radical (unpaired) electrons. The Morgan fingerprint density at radius 2 is 2.11 bits per heavy atom. The van der Waals surface area contributed by atoms with E-state index in [0.717, 1.165) is 16.5 Å². The molecule has 1 aliphatic heterocycles. The predicted octanol–water partition coefficient (Wildman–Crippen LogP) is 2.54. The fourth-order valence-corrected chi connectivity index (χ4v) is 2.57. The Hall–Kier alpha value is -1.62. The molecule has 2 rings (SSSR count). The van der Waals surface area contributed by atoms with E-state index in [1.165, 1.54) is 11.0 Å². The zero-order valence-corrected chi connectivity index (χ0v) is 11.8. The fraction of sp³-hybridized carbons (Fsp3) is 0.286. The van der Waals surface area contributed by atoms with Gasteiger partial charge in [0.05, 0.1) is 0 Å². The summed E-state index contributed by atoms with van der Waals surface area (Å²) in [5, 5.41) is 9.04. The molecule has 4 nitrogen and oxygen atoms in total. The molecule has 0 bridgehead atoms. The number of rotatable bonds is 3. The van der Waals surface area contributed by atoms with Gasteiger partial charge in [0.25, 0.3) is 0 Å². The highest BCUT2D eigenvalue weighted by atomic mass is 79.9. The molecule has 100 valence electrons. The molecule has 1 heterocycles. The number of carbonyl (C=O) groups excluding carboxylic acids is 1. The third-order valence-corrected chi connectivity index (χ3v) is 3.85. The van der Waals surface area contributed by atoms with Crippen LogP contribution in [0.2, 0.25) is 0 Å². The average Bonchev–Trinajstić information content (AvgIpc) is 2.87. The predicted molar refractivity (Wildman–Crippen MR) is 75.5 cm³/mol. The van der Waals surface area contributed by atoms with Crippen LogP contribution in [-0.4, -0.2) is 34.5 Å². The standard InChI is InChI=1S/C14H14BrNO3/c15-11-5-2-1-4-10(11)7-8-13(17)16-9-3-6-12(16)14(18)19/h1-2,4-5,7-8,12H,3,6,9H2,(H,18,19). The zero-order valence-electron chi connectivity index (χ0n) is 10.3. The Morgan fingerprint density at radius 1 is 1.37 bits per heavy atom. The van der Waals surface area contributed by atoms with Crippen LogP contribution in [0.15, 0.2) is 34.8 Å². The lowest BCUT2D eigenvalue weighted by atomic mass is 10.2. The maximum atomic E-state index is 12.0. The normalized spacial score (nSPS) is 19.0. The van der Waals surface area contributed by atoms with E-state index >= 15 is 0 Å². The van der Waals surface area contributed by atoms with Crippen LogP contribution in [0.4, 0.5) is 0 Å². The summed E-state index contributed by atoms with van der Waals surface area (Å²) in [6.07, 6.45) is 4.40. The smallest absolute Gasteiger partial charge is 0.326 e. The molecule has 19 heavy (non-hydrogen) atoms. The van der Waals surface area contributed by atoms with Crippen molar-refractivity contribution in [3.8, 4) is 0 Å². The van der Waals surface area contributed by atoms with Crippen LogP contribution in [-0.2, 0) is 9.59 Å². The number of amides is 1. The number of halogens is 1. The molecule has 0 spiro atoms. The Kier molecular flexibility index (Phi) is 4.37. The maximum absolute atomic E-state index is 12.0. The zero-order chi connectivity index (χ0) is 13.8. The van der Waals surface area contributed by atoms with E-state index in [1.807, 2.05) is 24.3 Å². The largest absolute Gasteiger partial charge is 0.480 e. The quantitative estimate of drug-likeness (QED) is 0.870. The molecule has 1 saturated heterocycles. The molecule has 0 aromatic heterocycles. The van der Waals surface area contributed by atoms with E-state index in [2.05, 4.69) is 15.9 Å². The molecule has 0 aliphatic carbocycles. The van der Waals surface area contributed by atoms with Gasteiger partial charge < -0.3 is 10.0 Å². The number of hydrogen-bond donors (Lipinski definition) is 1. The second-order valence-electron chi connectivity index (χ2n) is 4.38. The van der Waals surface area contributed by atoms with Gasteiger partial charge in [-0.3, -0.25) is 4.79 Å².